The molecule has 0 aliphatic carbocycles. The maximum Gasteiger partial charge on any atom is 0.157 e. The maximum absolute atomic E-state index is 4.37. The second-order valence-electron chi connectivity index (χ2n) is 4.83. The summed E-state index contributed by atoms with van der Waals surface area (Å²) in [4.78, 5) is 0. The van der Waals surface area contributed by atoms with Crippen LogP contribution in [0.3, 0.4) is 0 Å². The summed E-state index contributed by atoms with van der Waals surface area (Å²) >= 11 is 0. The maximum atomic E-state index is 4.37. The Kier molecular flexibility index (Phi) is 2.88. The minimum atomic E-state index is -0.00760. The lowest BCUT2D eigenvalue weighted by molar-refractivity contribution is 0.347. The summed E-state index contributed by atoms with van der Waals surface area (Å²) in [6, 6.07) is 10.3. The van der Waals surface area contributed by atoms with Gasteiger partial charge in [-0.05, 0) is 37.9 Å². The fraction of sp³-hybridized carbons (Fsp3) is 0.429. The van der Waals surface area contributed by atoms with Crippen LogP contribution in [0.2, 0.25) is 0 Å². The summed E-state index contributed by atoms with van der Waals surface area (Å²) in [5, 5.41) is 12.1. The van der Waals surface area contributed by atoms with Crippen molar-refractivity contribution >= 4 is 0 Å². The summed E-state index contributed by atoms with van der Waals surface area (Å²) in [6.07, 6.45) is 5.19. The van der Waals surface area contributed by atoms with Crippen LogP contribution < -0.4 is 5.32 Å². The van der Waals surface area contributed by atoms with Crippen molar-refractivity contribution in [3.05, 3.63) is 42.5 Å². The summed E-state index contributed by atoms with van der Waals surface area (Å²) in [5.41, 5.74) is 1.12. The molecular formula is C14H18N4. The number of hydrogen-bond acceptors (Lipinski definition) is 3. The van der Waals surface area contributed by atoms with Gasteiger partial charge < -0.3 is 5.32 Å². The fourth-order valence-electron chi connectivity index (χ4n) is 2.80. The average molecular weight is 242 g/mol. The zero-order chi connectivity index (χ0) is 12.4. The van der Waals surface area contributed by atoms with Crippen molar-refractivity contribution < 1.29 is 0 Å². The molecule has 0 bridgehead atoms. The molecule has 1 aromatic carbocycles. The minimum absolute atomic E-state index is 0.00760. The normalized spacial score (nSPS) is 23.4. The number of benzene rings is 1. The minimum Gasteiger partial charge on any atom is -0.305 e. The van der Waals surface area contributed by atoms with Gasteiger partial charge >= 0.3 is 0 Å². The molecule has 1 atom stereocenters. The molecule has 1 saturated heterocycles. The number of nitrogens with zero attached hydrogens (tertiary/aromatic N) is 3. The summed E-state index contributed by atoms with van der Waals surface area (Å²) in [5.74, 6) is 1.04. The summed E-state index contributed by atoms with van der Waals surface area (Å²) in [7, 11) is 0. The van der Waals surface area contributed by atoms with Crippen molar-refractivity contribution in [3.63, 3.8) is 0 Å². The molecule has 1 aromatic heterocycles. The van der Waals surface area contributed by atoms with Crippen LogP contribution in [0.4, 0.5) is 0 Å². The molecule has 3 rings (SSSR count). The topological polar surface area (TPSA) is 42.7 Å². The van der Waals surface area contributed by atoms with Crippen molar-refractivity contribution in [2.75, 3.05) is 6.54 Å². The molecule has 1 fully saturated rings. The highest BCUT2D eigenvalue weighted by Gasteiger charge is 2.38. The van der Waals surface area contributed by atoms with Gasteiger partial charge in [0.2, 0.25) is 0 Å². The highest BCUT2D eigenvalue weighted by atomic mass is 15.3. The van der Waals surface area contributed by atoms with E-state index < -0.39 is 0 Å². The van der Waals surface area contributed by atoms with Crippen molar-refractivity contribution in [2.45, 2.75) is 31.7 Å². The molecule has 2 aromatic rings. The molecule has 1 aliphatic rings. The number of aromatic nitrogens is 3. The number of para-hydroxylation sites is 1. The van der Waals surface area contributed by atoms with Gasteiger partial charge in [-0.25, -0.2) is 0 Å². The first-order valence-corrected chi connectivity index (χ1v) is 6.57. The van der Waals surface area contributed by atoms with E-state index in [0.29, 0.717) is 0 Å². The van der Waals surface area contributed by atoms with E-state index in [4.69, 9.17) is 0 Å². The monoisotopic (exact) mass is 242 g/mol. The number of nitrogens with one attached hydrogen (secondary N) is 1. The molecule has 94 valence electrons. The van der Waals surface area contributed by atoms with E-state index >= 15 is 0 Å². The van der Waals surface area contributed by atoms with Crippen molar-refractivity contribution in [3.8, 4) is 5.69 Å². The van der Waals surface area contributed by atoms with E-state index in [1.807, 2.05) is 24.5 Å². The number of hydrogen-bond donors (Lipinski definition) is 1. The largest absolute Gasteiger partial charge is 0.305 e. The van der Waals surface area contributed by atoms with Crippen LogP contribution in [0.25, 0.3) is 5.69 Å². The van der Waals surface area contributed by atoms with Crippen LogP contribution in [-0.4, -0.2) is 21.3 Å². The van der Waals surface area contributed by atoms with E-state index in [1.54, 1.807) is 0 Å². The van der Waals surface area contributed by atoms with Crippen LogP contribution in [0.5, 0.6) is 0 Å². The van der Waals surface area contributed by atoms with Gasteiger partial charge in [-0.2, -0.15) is 0 Å². The SMILES string of the molecule is CCC1(c2nncn2-c2ccccc2)CCCN1. The Morgan fingerprint density at radius 2 is 2.17 bits per heavy atom. The highest BCUT2D eigenvalue weighted by molar-refractivity contribution is 5.33. The first-order chi connectivity index (χ1) is 8.86. The van der Waals surface area contributed by atoms with Crippen LogP contribution in [0.15, 0.2) is 36.7 Å². The average Bonchev–Trinajstić information content (AvgIpc) is 3.09. The standard InChI is InChI=1S/C14H18N4/c1-2-14(9-6-10-15-14)13-17-16-11-18(13)12-7-4-3-5-8-12/h3-5,7-8,11,15H,2,6,9-10H2,1H3. The molecule has 1 N–H and O–H groups in total. The third-order valence-corrected chi connectivity index (χ3v) is 3.86. The molecule has 2 heterocycles. The van der Waals surface area contributed by atoms with E-state index in [0.717, 1.165) is 30.9 Å². The predicted octanol–water partition coefficient (Wildman–Crippen LogP) is 2.26. The second kappa shape index (κ2) is 4.53. The first kappa shape index (κ1) is 11.4. The summed E-state index contributed by atoms with van der Waals surface area (Å²) in [6.45, 7) is 3.28. The van der Waals surface area contributed by atoms with Gasteiger partial charge in [-0.3, -0.25) is 4.57 Å². The van der Waals surface area contributed by atoms with Crippen molar-refractivity contribution in [2.24, 2.45) is 0 Å². The quantitative estimate of drug-likeness (QED) is 0.897. The smallest absolute Gasteiger partial charge is 0.157 e. The summed E-state index contributed by atoms with van der Waals surface area (Å²) < 4.78 is 2.10. The molecule has 0 amide bonds. The van der Waals surface area contributed by atoms with Crippen LogP contribution in [0, 0.1) is 0 Å². The molecule has 4 nitrogen and oxygen atoms in total. The predicted molar refractivity (Wildman–Crippen MR) is 70.6 cm³/mol. The Morgan fingerprint density at radius 1 is 1.33 bits per heavy atom. The third-order valence-electron chi connectivity index (χ3n) is 3.86. The van der Waals surface area contributed by atoms with E-state index in [-0.39, 0.29) is 5.54 Å². The highest BCUT2D eigenvalue weighted by Crippen LogP contribution is 2.33. The lowest BCUT2D eigenvalue weighted by Gasteiger charge is -2.27. The van der Waals surface area contributed by atoms with E-state index in [2.05, 4.69) is 39.1 Å². The molecule has 0 radical (unpaired) electrons. The van der Waals surface area contributed by atoms with Crippen molar-refractivity contribution in [1.29, 1.82) is 0 Å². The van der Waals surface area contributed by atoms with Crippen molar-refractivity contribution in [1.82, 2.24) is 20.1 Å². The number of rotatable bonds is 3. The first-order valence-electron chi connectivity index (χ1n) is 6.57. The molecule has 0 saturated carbocycles. The van der Waals surface area contributed by atoms with Gasteiger partial charge in [0.25, 0.3) is 0 Å². The second-order valence-corrected chi connectivity index (χ2v) is 4.83. The Morgan fingerprint density at radius 3 is 2.83 bits per heavy atom. The van der Waals surface area contributed by atoms with Crippen LogP contribution in [0.1, 0.15) is 32.0 Å². The lowest BCUT2D eigenvalue weighted by Crippen LogP contribution is -2.38. The molecule has 0 spiro atoms. The molecule has 4 heteroatoms. The molecule has 1 aliphatic heterocycles. The van der Waals surface area contributed by atoms with E-state index in [1.165, 1.54) is 6.42 Å². The van der Waals surface area contributed by atoms with Gasteiger partial charge in [-0.1, -0.05) is 25.1 Å². The zero-order valence-electron chi connectivity index (χ0n) is 10.6. The van der Waals surface area contributed by atoms with Crippen LogP contribution >= 0.6 is 0 Å². The third kappa shape index (κ3) is 1.73. The van der Waals surface area contributed by atoms with Crippen LogP contribution in [-0.2, 0) is 5.54 Å². The van der Waals surface area contributed by atoms with Gasteiger partial charge in [0.05, 0.1) is 5.54 Å². The van der Waals surface area contributed by atoms with Gasteiger partial charge in [0.15, 0.2) is 5.82 Å². The molecule has 1 unspecified atom stereocenters. The van der Waals surface area contributed by atoms with E-state index in [9.17, 15) is 0 Å². The van der Waals surface area contributed by atoms with Gasteiger partial charge in [0, 0.05) is 5.69 Å². The van der Waals surface area contributed by atoms with Gasteiger partial charge in [-0.15, -0.1) is 10.2 Å². The Labute approximate surface area is 107 Å². The molecule has 18 heavy (non-hydrogen) atoms. The molecular weight excluding hydrogens is 224 g/mol. The zero-order valence-corrected chi connectivity index (χ0v) is 10.6. The Bertz CT molecular complexity index is 512. The Hall–Kier alpha value is -1.68. The lowest BCUT2D eigenvalue weighted by atomic mass is 9.93. The van der Waals surface area contributed by atoms with Gasteiger partial charge in [0.1, 0.15) is 6.33 Å². The fourth-order valence-corrected chi connectivity index (χ4v) is 2.80. The Balaban J connectivity index is 2.06.